The van der Waals surface area contributed by atoms with Crippen LogP contribution in [0.5, 0.6) is 0 Å². The van der Waals surface area contributed by atoms with E-state index in [4.69, 9.17) is 0 Å². The number of rotatable bonds is 2. The zero-order chi connectivity index (χ0) is 15.1. The second kappa shape index (κ2) is 5.29. The molecule has 1 aromatic heterocycles. The second-order valence-corrected chi connectivity index (χ2v) is 6.47. The molecular weight excluding hydrogens is 338 g/mol. The van der Waals surface area contributed by atoms with E-state index in [1.54, 1.807) is 0 Å². The molecule has 110 valence electrons. The second-order valence-electron chi connectivity index (χ2n) is 5.55. The first-order chi connectivity index (χ1) is 10.7. The molecular formula is C18H16BrN3. The maximum atomic E-state index is 4.58. The van der Waals surface area contributed by atoms with Gasteiger partial charge in [0.1, 0.15) is 5.84 Å². The van der Waals surface area contributed by atoms with Crippen LogP contribution in [0.2, 0.25) is 0 Å². The third-order valence-electron chi connectivity index (χ3n) is 4.07. The highest BCUT2D eigenvalue weighted by Gasteiger charge is 2.17. The third-order valence-corrected chi connectivity index (χ3v) is 4.60. The minimum atomic E-state index is 0.855. The van der Waals surface area contributed by atoms with Gasteiger partial charge in [-0.15, -0.1) is 0 Å². The molecule has 0 unspecified atom stereocenters. The number of aromatic nitrogens is 1. The Morgan fingerprint density at radius 2 is 1.82 bits per heavy atom. The van der Waals surface area contributed by atoms with Crippen LogP contribution in [0, 0.1) is 6.92 Å². The number of aryl methyl sites for hydroxylation is 1. The fourth-order valence-electron chi connectivity index (χ4n) is 3.02. The number of aromatic amines is 1. The summed E-state index contributed by atoms with van der Waals surface area (Å²) in [5, 5.41) is 4.61. The summed E-state index contributed by atoms with van der Waals surface area (Å²) in [4.78, 5) is 8.05. The van der Waals surface area contributed by atoms with E-state index in [9.17, 15) is 0 Å². The lowest BCUT2D eigenvalue weighted by Crippen LogP contribution is -2.19. The van der Waals surface area contributed by atoms with Crippen LogP contribution in [0.1, 0.15) is 11.3 Å². The van der Waals surface area contributed by atoms with E-state index in [0.717, 1.165) is 34.6 Å². The molecule has 0 bridgehead atoms. The van der Waals surface area contributed by atoms with Crippen LogP contribution in [0.25, 0.3) is 22.0 Å². The molecule has 0 amide bonds. The molecule has 4 rings (SSSR count). The number of halogens is 1. The Hall–Kier alpha value is -2.07. The topological polar surface area (TPSA) is 40.2 Å². The molecule has 2 heterocycles. The van der Waals surface area contributed by atoms with Crippen molar-refractivity contribution in [3.05, 3.63) is 58.2 Å². The Morgan fingerprint density at radius 3 is 2.55 bits per heavy atom. The molecule has 0 saturated carbocycles. The summed E-state index contributed by atoms with van der Waals surface area (Å²) in [5.41, 5.74) is 5.96. The quantitative estimate of drug-likeness (QED) is 0.710. The molecule has 1 aliphatic rings. The zero-order valence-corrected chi connectivity index (χ0v) is 13.9. The van der Waals surface area contributed by atoms with Crippen LogP contribution >= 0.6 is 15.9 Å². The van der Waals surface area contributed by atoms with Crippen molar-refractivity contribution in [1.29, 1.82) is 0 Å². The van der Waals surface area contributed by atoms with Gasteiger partial charge in [0.25, 0.3) is 0 Å². The van der Waals surface area contributed by atoms with Gasteiger partial charge in [-0.25, -0.2) is 0 Å². The Bertz CT molecular complexity index is 875. The first kappa shape index (κ1) is 13.6. The molecule has 3 aromatic rings. The molecule has 2 aromatic carbocycles. The molecule has 0 spiro atoms. The summed E-state index contributed by atoms with van der Waals surface area (Å²) in [6, 6.07) is 15.0. The number of hydrogen-bond donors (Lipinski definition) is 2. The van der Waals surface area contributed by atoms with Crippen LogP contribution in [0.3, 0.4) is 0 Å². The molecule has 0 saturated heterocycles. The Kier molecular flexibility index (Phi) is 3.26. The van der Waals surface area contributed by atoms with Gasteiger partial charge in [-0.1, -0.05) is 34.1 Å². The summed E-state index contributed by atoms with van der Waals surface area (Å²) in [6.07, 6.45) is 0. The molecule has 3 nitrogen and oxygen atoms in total. The van der Waals surface area contributed by atoms with Crippen molar-refractivity contribution in [3.8, 4) is 11.1 Å². The fourth-order valence-corrected chi connectivity index (χ4v) is 3.28. The molecule has 0 radical (unpaired) electrons. The van der Waals surface area contributed by atoms with Gasteiger partial charge in [-0.3, -0.25) is 4.99 Å². The minimum absolute atomic E-state index is 0.855. The number of benzene rings is 2. The number of nitrogens with one attached hydrogen (secondary N) is 2. The Morgan fingerprint density at radius 1 is 1.05 bits per heavy atom. The number of amidine groups is 1. The Balaban J connectivity index is 1.89. The Labute approximate surface area is 137 Å². The van der Waals surface area contributed by atoms with Crippen molar-refractivity contribution >= 4 is 32.7 Å². The number of aliphatic imine (C=N–C) groups is 1. The van der Waals surface area contributed by atoms with Crippen molar-refractivity contribution in [1.82, 2.24) is 10.3 Å². The lowest BCUT2D eigenvalue weighted by atomic mass is 10.0. The highest BCUT2D eigenvalue weighted by molar-refractivity contribution is 9.10. The number of hydrogen-bond acceptors (Lipinski definition) is 2. The van der Waals surface area contributed by atoms with Gasteiger partial charge in [-0.05, 0) is 42.3 Å². The minimum Gasteiger partial charge on any atom is -0.368 e. The van der Waals surface area contributed by atoms with Gasteiger partial charge in [-0.2, -0.15) is 0 Å². The predicted molar refractivity (Wildman–Crippen MR) is 95.6 cm³/mol. The smallest absolute Gasteiger partial charge is 0.130 e. The average molecular weight is 354 g/mol. The summed E-state index contributed by atoms with van der Waals surface area (Å²) in [7, 11) is 0. The maximum Gasteiger partial charge on any atom is 0.130 e. The van der Waals surface area contributed by atoms with E-state index in [1.165, 1.54) is 22.1 Å². The molecule has 1 aliphatic heterocycles. The van der Waals surface area contributed by atoms with Crippen molar-refractivity contribution in [2.75, 3.05) is 13.1 Å². The molecule has 0 fully saturated rings. The van der Waals surface area contributed by atoms with Crippen LogP contribution in [0.15, 0.2) is 51.9 Å². The van der Waals surface area contributed by atoms with E-state index < -0.39 is 0 Å². The number of fused-ring (bicyclic) bond motifs is 1. The van der Waals surface area contributed by atoms with Crippen molar-refractivity contribution in [2.24, 2.45) is 4.99 Å². The summed E-state index contributed by atoms with van der Waals surface area (Å²) in [6.45, 7) is 3.89. The van der Waals surface area contributed by atoms with Crippen molar-refractivity contribution in [2.45, 2.75) is 6.92 Å². The third kappa shape index (κ3) is 2.24. The molecule has 22 heavy (non-hydrogen) atoms. The predicted octanol–water partition coefficient (Wildman–Crippen LogP) is 4.26. The van der Waals surface area contributed by atoms with E-state index in [1.807, 2.05) is 0 Å². The molecule has 0 atom stereocenters. The molecule has 0 aliphatic carbocycles. The number of nitrogens with zero attached hydrogens (tertiary/aromatic N) is 1. The average Bonchev–Trinajstić information content (AvgIpc) is 3.13. The van der Waals surface area contributed by atoms with Gasteiger partial charge in [0.15, 0.2) is 0 Å². The summed E-state index contributed by atoms with van der Waals surface area (Å²) < 4.78 is 1.10. The first-order valence-corrected chi connectivity index (χ1v) is 8.18. The fraction of sp³-hybridized carbons (Fsp3) is 0.167. The maximum absolute atomic E-state index is 4.58. The van der Waals surface area contributed by atoms with Crippen LogP contribution < -0.4 is 5.32 Å². The highest BCUT2D eigenvalue weighted by atomic mass is 79.9. The van der Waals surface area contributed by atoms with E-state index in [0.29, 0.717) is 0 Å². The monoisotopic (exact) mass is 353 g/mol. The molecule has 2 N–H and O–H groups in total. The lowest BCUT2D eigenvalue weighted by molar-refractivity contribution is 0.960. The van der Waals surface area contributed by atoms with Crippen LogP contribution in [-0.4, -0.2) is 23.9 Å². The van der Waals surface area contributed by atoms with Gasteiger partial charge >= 0.3 is 0 Å². The van der Waals surface area contributed by atoms with Crippen molar-refractivity contribution < 1.29 is 0 Å². The molecule has 4 heteroatoms. The SMILES string of the molecule is Cc1[nH]c2ccc(-c3ccc(Br)cc3)cc2c1C1=NCCN1. The van der Waals surface area contributed by atoms with E-state index in [2.05, 4.69) is 80.6 Å². The van der Waals surface area contributed by atoms with Crippen LogP contribution in [0.4, 0.5) is 0 Å². The normalized spacial score (nSPS) is 14.2. The summed E-state index contributed by atoms with van der Waals surface area (Å²) in [5.74, 6) is 1.01. The first-order valence-electron chi connectivity index (χ1n) is 7.39. The lowest BCUT2D eigenvalue weighted by Gasteiger charge is -2.05. The largest absolute Gasteiger partial charge is 0.368 e. The van der Waals surface area contributed by atoms with Gasteiger partial charge in [0.05, 0.1) is 6.54 Å². The van der Waals surface area contributed by atoms with Crippen LogP contribution in [-0.2, 0) is 0 Å². The van der Waals surface area contributed by atoms with Gasteiger partial charge in [0.2, 0.25) is 0 Å². The van der Waals surface area contributed by atoms with Gasteiger partial charge < -0.3 is 10.3 Å². The van der Waals surface area contributed by atoms with Gasteiger partial charge in [0, 0.05) is 33.2 Å². The van der Waals surface area contributed by atoms with E-state index in [-0.39, 0.29) is 0 Å². The van der Waals surface area contributed by atoms with Crippen molar-refractivity contribution in [3.63, 3.8) is 0 Å². The summed E-state index contributed by atoms with van der Waals surface area (Å²) >= 11 is 3.49. The zero-order valence-electron chi connectivity index (χ0n) is 12.3. The van der Waals surface area contributed by atoms with E-state index >= 15 is 0 Å². The standard InChI is InChI=1S/C18H16BrN3/c1-11-17(18-20-8-9-21-18)15-10-13(4-7-16(15)22-11)12-2-5-14(19)6-3-12/h2-7,10,22H,8-9H2,1H3,(H,20,21). The highest BCUT2D eigenvalue weighted by Crippen LogP contribution is 2.29. The number of H-pyrrole nitrogens is 1.